The van der Waals surface area contributed by atoms with Gasteiger partial charge in [0.05, 0.1) is 38.5 Å². The van der Waals surface area contributed by atoms with Crippen molar-refractivity contribution in [2.75, 3.05) is 19.6 Å². The molecule has 0 heterocycles. The lowest BCUT2D eigenvalue weighted by atomic mass is 10.0. The van der Waals surface area contributed by atoms with Gasteiger partial charge in [0.15, 0.2) is 0 Å². The Morgan fingerprint density at radius 1 is 0.376 bits per heavy atom. The number of ether oxygens (including phenoxy) is 2. The highest BCUT2D eigenvalue weighted by atomic mass is 16.7. The molecule has 502 valence electrons. The monoisotopic (exact) mass is 1280 g/mol. The number of hydrogen-bond acceptors (Lipinski definition) is 14. The fraction of sp³-hybridized carbons (Fsp3) is 0.397. The number of aliphatic carboxylic acids is 1. The number of carboxylic acid groups (broad SMARTS) is 1. The van der Waals surface area contributed by atoms with Gasteiger partial charge in [-0.3, -0.25) is 24.4 Å². The minimum absolute atomic E-state index is 0.0520. The molecule has 0 unspecified atom stereocenters. The Morgan fingerprint density at radius 2 is 0.645 bits per heavy atom. The van der Waals surface area contributed by atoms with E-state index in [0.29, 0.717) is 0 Å². The van der Waals surface area contributed by atoms with Crippen LogP contribution in [0.1, 0.15) is 149 Å². The predicted octanol–water partition coefficient (Wildman–Crippen LogP) is 11.3. The largest absolute Gasteiger partial charge is 0.481 e. The fourth-order valence-electron chi connectivity index (χ4n) is 8.66. The van der Waals surface area contributed by atoms with Gasteiger partial charge >= 0.3 is 30.1 Å². The summed E-state index contributed by atoms with van der Waals surface area (Å²) in [6, 6.07) is 55.4. The van der Waals surface area contributed by atoms with E-state index in [-0.39, 0.29) is 70.0 Å². The summed E-state index contributed by atoms with van der Waals surface area (Å²) in [6.07, 6.45) is 12.4. The Labute approximate surface area is 548 Å². The van der Waals surface area contributed by atoms with E-state index in [2.05, 4.69) is 111 Å². The summed E-state index contributed by atoms with van der Waals surface area (Å²) in [5, 5.41) is 21.5. The van der Waals surface area contributed by atoms with E-state index in [9.17, 15) is 38.4 Å². The van der Waals surface area contributed by atoms with E-state index in [1.807, 2.05) is 78.9 Å². The number of hydroxylamine groups is 3. The molecule has 6 aromatic carbocycles. The highest BCUT2D eigenvalue weighted by Crippen LogP contribution is 2.15. The van der Waals surface area contributed by atoms with E-state index < -0.39 is 47.2 Å². The number of carbonyl (C=O) groups is 8. The first-order valence-corrected chi connectivity index (χ1v) is 31.6. The Kier molecular flexibility index (Phi) is 37.6. The van der Waals surface area contributed by atoms with Crippen molar-refractivity contribution in [3.05, 3.63) is 214 Å². The molecule has 0 radical (unpaired) electrons. The molecule has 20 heteroatoms. The van der Waals surface area contributed by atoms with Crippen LogP contribution in [0.5, 0.6) is 0 Å². The number of alkyl carbamates (subject to hydrolysis) is 2. The number of benzene rings is 6. The van der Waals surface area contributed by atoms with Crippen LogP contribution in [-0.2, 0) is 106 Å². The summed E-state index contributed by atoms with van der Waals surface area (Å²) in [5.41, 5.74) is 20.5. The van der Waals surface area contributed by atoms with Crippen molar-refractivity contribution >= 4 is 47.8 Å². The number of hydrogen-bond donors (Lipinski definition) is 8. The van der Waals surface area contributed by atoms with Gasteiger partial charge in [0.1, 0.15) is 11.2 Å². The zero-order valence-corrected chi connectivity index (χ0v) is 54.8. The molecule has 6 aromatic rings. The van der Waals surface area contributed by atoms with Crippen molar-refractivity contribution in [1.29, 1.82) is 0 Å². The average molecular weight is 1280 g/mol. The van der Waals surface area contributed by atoms with E-state index in [1.165, 1.54) is 39.8 Å². The molecule has 0 fully saturated rings. The summed E-state index contributed by atoms with van der Waals surface area (Å²) < 4.78 is 9.94. The molecule has 0 aromatic heterocycles. The summed E-state index contributed by atoms with van der Waals surface area (Å²) in [7, 11) is 0. The van der Waals surface area contributed by atoms with Gasteiger partial charge in [-0.05, 0) is 169 Å². The quantitative estimate of drug-likeness (QED) is 0.00937. The van der Waals surface area contributed by atoms with Crippen LogP contribution in [0.3, 0.4) is 0 Å². The molecule has 93 heavy (non-hydrogen) atoms. The van der Waals surface area contributed by atoms with Crippen molar-refractivity contribution in [2.24, 2.45) is 5.73 Å². The maximum absolute atomic E-state index is 12.0. The number of carboxylic acids is 1. The number of carbonyl (C=O) groups excluding carboxylic acids is 7. The van der Waals surface area contributed by atoms with Gasteiger partial charge in [0.2, 0.25) is 5.91 Å². The fourth-order valence-corrected chi connectivity index (χ4v) is 8.66. The minimum Gasteiger partial charge on any atom is -0.481 e. The van der Waals surface area contributed by atoms with E-state index in [1.54, 1.807) is 47.0 Å². The van der Waals surface area contributed by atoms with Crippen molar-refractivity contribution in [3.8, 4) is 0 Å². The van der Waals surface area contributed by atoms with Crippen molar-refractivity contribution in [2.45, 2.75) is 168 Å². The van der Waals surface area contributed by atoms with Crippen LogP contribution in [0.25, 0.3) is 0 Å². The lowest BCUT2D eigenvalue weighted by molar-refractivity contribution is -0.158. The first-order chi connectivity index (χ1) is 44.5. The van der Waals surface area contributed by atoms with Gasteiger partial charge in [-0.2, -0.15) is 11.0 Å². The Bertz CT molecular complexity index is 3120. The summed E-state index contributed by atoms with van der Waals surface area (Å²) >= 11 is 0. The predicted molar refractivity (Wildman–Crippen MR) is 357 cm³/mol. The average Bonchev–Trinajstić information content (AvgIpc) is 3.01. The molecule has 0 saturated carbocycles. The van der Waals surface area contributed by atoms with Crippen LogP contribution >= 0.6 is 0 Å². The normalized spacial score (nSPS) is 10.6. The topological polar surface area (TPSA) is 300 Å². The molecule has 5 amide bonds. The highest BCUT2D eigenvalue weighted by Gasteiger charge is 2.18. The number of amides is 5. The number of rotatable bonds is 29. The van der Waals surface area contributed by atoms with Crippen molar-refractivity contribution in [1.82, 2.24) is 27.1 Å². The van der Waals surface area contributed by atoms with Crippen LogP contribution in [0, 0.1) is 0 Å². The summed E-state index contributed by atoms with van der Waals surface area (Å²) in [5.74, 6) is -3.29. The number of aryl methyl sites for hydroxylation is 6. The minimum atomic E-state index is -0.948. The lowest BCUT2D eigenvalue weighted by Gasteiger charge is -2.19. The number of nitrogens with one attached hydrogen (secondary N) is 5. The zero-order valence-electron chi connectivity index (χ0n) is 54.8. The van der Waals surface area contributed by atoms with Crippen LogP contribution in [0.2, 0.25) is 0 Å². The van der Waals surface area contributed by atoms with Crippen molar-refractivity contribution < 1.29 is 67.8 Å². The van der Waals surface area contributed by atoms with E-state index in [0.717, 1.165) is 87.3 Å². The van der Waals surface area contributed by atoms with Gasteiger partial charge < -0.3 is 40.6 Å². The van der Waals surface area contributed by atoms with Gasteiger partial charge in [-0.15, -0.1) is 0 Å². The van der Waals surface area contributed by atoms with E-state index >= 15 is 0 Å². The third kappa shape index (κ3) is 40.9. The Balaban J connectivity index is 0.000000338. The molecule has 6 rings (SSSR count). The number of nitrogens with two attached hydrogens (primary N) is 1. The maximum Gasteiger partial charge on any atom is 0.407 e. The second-order valence-electron chi connectivity index (χ2n) is 23.9. The SMILES string of the molecule is CC(C)(C)OC(=O)NCCC(=O)O.CC(C)(C)OC(=O)NCCC(=O)ONC(=O)Cc1ccc(CCCCc2ccccc2)cc1.NCCC(=O)ONC(=O)Cc1ccc(CCCCc2ccccc2)cc1.O=C(Cc1ccc(CCCCc2ccccc2)cc1)NO. The molecule has 0 bridgehead atoms. The Morgan fingerprint density at radius 3 is 0.925 bits per heavy atom. The molecule has 0 aliphatic heterocycles. The summed E-state index contributed by atoms with van der Waals surface area (Å²) in [6.45, 7) is 10.8. The van der Waals surface area contributed by atoms with Crippen LogP contribution in [0.4, 0.5) is 9.59 Å². The molecule has 0 spiro atoms. The van der Waals surface area contributed by atoms with Gasteiger partial charge in [0, 0.05) is 19.6 Å². The third-order valence-corrected chi connectivity index (χ3v) is 13.3. The zero-order chi connectivity index (χ0) is 68.1. The molecule has 0 saturated heterocycles. The molecule has 20 nitrogen and oxygen atoms in total. The standard InChI is InChI=1S/C26H34N2O5.C21H26N2O3.C18H21NO2.C8H15NO4/c1-26(2,3)32-25(31)27-18-17-24(30)33-28-23(29)19-22-15-13-21(14-16-22)12-8-7-11-20-9-5-4-6-10-20;22-15-14-21(25)26-23-20(24)16-19-12-10-18(11-13-19)9-5-4-8-17-6-2-1-3-7-17;20-18(19-21)14-17-12-10-16(11-13-17)9-5-4-8-15-6-2-1-3-7-15;1-8(2,3)13-7(12)9-5-4-6(10)11/h4-6,9-10,13-16H,7-8,11-12,17-19H2,1-3H3,(H,27,31)(H,28,29);1-3,6-7,10-13H,4-5,8-9,14-16,22H2,(H,23,24);1-3,6-7,10-13,21H,4-5,8-9,14H2,(H,19,20);4-5H2,1-3H3,(H,9,12)(H,10,11). The van der Waals surface area contributed by atoms with Gasteiger partial charge in [-0.1, -0.05) is 164 Å². The lowest BCUT2D eigenvalue weighted by Crippen LogP contribution is -2.34. The smallest absolute Gasteiger partial charge is 0.407 e. The van der Waals surface area contributed by atoms with Crippen LogP contribution < -0.4 is 32.8 Å². The maximum atomic E-state index is 12.0. The second kappa shape index (κ2) is 45.0. The Hall–Kier alpha value is -9.40. The van der Waals surface area contributed by atoms with E-state index in [4.69, 9.17) is 30.4 Å². The highest BCUT2D eigenvalue weighted by molar-refractivity contribution is 5.81. The third-order valence-electron chi connectivity index (χ3n) is 13.3. The first-order valence-electron chi connectivity index (χ1n) is 31.6. The molecule has 0 aliphatic carbocycles. The van der Waals surface area contributed by atoms with Crippen LogP contribution in [-0.4, -0.2) is 89.0 Å². The van der Waals surface area contributed by atoms with Crippen molar-refractivity contribution in [3.63, 3.8) is 0 Å². The first kappa shape index (κ1) is 77.8. The van der Waals surface area contributed by atoms with Gasteiger partial charge in [0.25, 0.3) is 11.8 Å². The molecule has 9 N–H and O–H groups in total. The summed E-state index contributed by atoms with van der Waals surface area (Å²) in [4.78, 5) is 99.5. The molecular weight excluding hydrogens is 1180 g/mol. The number of unbranched alkanes of at least 4 members (excludes halogenated alkanes) is 3. The molecule has 0 aliphatic rings. The van der Waals surface area contributed by atoms with Gasteiger partial charge in [-0.25, -0.2) is 24.7 Å². The second-order valence-corrected chi connectivity index (χ2v) is 23.9. The molecular formula is C73H96N6O14. The molecule has 0 atom stereocenters. The van der Waals surface area contributed by atoms with Crippen LogP contribution in [0.15, 0.2) is 164 Å².